The lowest BCUT2D eigenvalue weighted by molar-refractivity contribution is -0.145. The second kappa shape index (κ2) is 10.9. The Morgan fingerprint density at radius 3 is 2.50 bits per heavy atom. The molecule has 16 heavy (non-hydrogen) atoms. The molecule has 0 spiro atoms. The van der Waals surface area contributed by atoms with Gasteiger partial charge in [-0.3, -0.25) is 4.79 Å². The van der Waals surface area contributed by atoms with Gasteiger partial charge in [-0.15, -0.1) is 0 Å². The van der Waals surface area contributed by atoms with E-state index in [2.05, 4.69) is 5.32 Å². The van der Waals surface area contributed by atoms with E-state index < -0.39 is 0 Å². The minimum absolute atomic E-state index is 0.191. The summed E-state index contributed by atoms with van der Waals surface area (Å²) in [5, 5.41) is 3.15. The number of hydrogen-bond donors (Lipinski definition) is 1. The molecule has 0 rings (SSSR count). The number of carbonyl (C=O) groups is 1. The average Bonchev–Trinajstić information content (AvgIpc) is 2.22. The first-order chi connectivity index (χ1) is 7.66. The van der Waals surface area contributed by atoms with Gasteiger partial charge in [0.25, 0.3) is 0 Å². The SMILES string of the molecule is COCCOCCOC(=O)CCNC(C)C. The van der Waals surface area contributed by atoms with Crippen molar-refractivity contribution >= 4 is 5.97 Å². The zero-order valence-electron chi connectivity index (χ0n) is 10.5. The maximum atomic E-state index is 11.2. The molecular formula is C11H23NO4. The van der Waals surface area contributed by atoms with Gasteiger partial charge in [0.1, 0.15) is 6.61 Å². The van der Waals surface area contributed by atoms with Crippen molar-refractivity contribution in [3.63, 3.8) is 0 Å². The number of ether oxygens (including phenoxy) is 3. The fraction of sp³-hybridized carbons (Fsp3) is 0.909. The highest BCUT2D eigenvalue weighted by atomic mass is 16.6. The first-order valence-corrected chi connectivity index (χ1v) is 5.62. The van der Waals surface area contributed by atoms with E-state index in [-0.39, 0.29) is 5.97 Å². The maximum Gasteiger partial charge on any atom is 0.307 e. The highest BCUT2D eigenvalue weighted by Crippen LogP contribution is 1.87. The summed E-state index contributed by atoms with van der Waals surface area (Å²) in [6, 6.07) is 0.394. The summed E-state index contributed by atoms with van der Waals surface area (Å²) in [5.41, 5.74) is 0. The van der Waals surface area contributed by atoms with Gasteiger partial charge < -0.3 is 19.5 Å². The van der Waals surface area contributed by atoms with E-state index in [1.807, 2.05) is 13.8 Å². The standard InChI is InChI=1S/C11H23NO4/c1-10(2)12-5-4-11(13)16-9-8-15-7-6-14-3/h10,12H,4-9H2,1-3H3. The normalized spacial score (nSPS) is 10.8. The molecule has 0 unspecified atom stereocenters. The molecule has 0 aromatic carbocycles. The lowest BCUT2D eigenvalue weighted by Crippen LogP contribution is -2.26. The lowest BCUT2D eigenvalue weighted by atomic mass is 10.3. The van der Waals surface area contributed by atoms with Gasteiger partial charge in [-0.05, 0) is 0 Å². The van der Waals surface area contributed by atoms with Gasteiger partial charge in [0, 0.05) is 19.7 Å². The third-order valence-corrected chi connectivity index (χ3v) is 1.80. The summed E-state index contributed by atoms with van der Waals surface area (Å²) < 4.78 is 14.9. The Labute approximate surface area is 97.4 Å². The van der Waals surface area contributed by atoms with Crippen LogP contribution >= 0.6 is 0 Å². The molecule has 0 aromatic heterocycles. The summed E-state index contributed by atoms with van der Waals surface area (Å²) in [6.07, 6.45) is 0.399. The third-order valence-electron chi connectivity index (χ3n) is 1.80. The van der Waals surface area contributed by atoms with Crippen molar-refractivity contribution in [2.75, 3.05) is 40.1 Å². The Morgan fingerprint density at radius 1 is 1.19 bits per heavy atom. The van der Waals surface area contributed by atoms with Crippen LogP contribution in [0, 0.1) is 0 Å². The molecule has 96 valence electrons. The van der Waals surface area contributed by atoms with Crippen molar-refractivity contribution in [2.45, 2.75) is 26.3 Å². The van der Waals surface area contributed by atoms with Crippen molar-refractivity contribution in [3.05, 3.63) is 0 Å². The van der Waals surface area contributed by atoms with Gasteiger partial charge >= 0.3 is 5.97 Å². The quantitative estimate of drug-likeness (QED) is 0.442. The predicted molar refractivity (Wildman–Crippen MR) is 61.4 cm³/mol. The second-order valence-electron chi connectivity index (χ2n) is 3.68. The van der Waals surface area contributed by atoms with Crippen LogP contribution in [0.4, 0.5) is 0 Å². The van der Waals surface area contributed by atoms with Crippen molar-refractivity contribution in [2.24, 2.45) is 0 Å². The van der Waals surface area contributed by atoms with E-state index in [1.54, 1.807) is 7.11 Å². The zero-order chi connectivity index (χ0) is 12.2. The number of esters is 1. The van der Waals surface area contributed by atoms with Crippen LogP contribution in [0.1, 0.15) is 20.3 Å². The fourth-order valence-electron chi connectivity index (χ4n) is 0.994. The predicted octanol–water partition coefficient (Wildman–Crippen LogP) is 0.581. The Bertz CT molecular complexity index is 173. The molecule has 0 aliphatic carbocycles. The summed E-state index contributed by atoms with van der Waals surface area (Å²) in [6.45, 7) is 6.55. The first kappa shape index (κ1) is 15.3. The molecule has 0 radical (unpaired) electrons. The van der Waals surface area contributed by atoms with Crippen LogP contribution in [0.25, 0.3) is 0 Å². The molecule has 0 aromatic rings. The topological polar surface area (TPSA) is 56.8 Å². The van der Waals surface area contributed by atoms with E-state index in [0.29, 0.717) is 45.4 Å². The van der Waals surface area contributed by atoms with Gasteiger partial charge in [0.2, 0.25) is 0 Å². The largest absolute Gasteiger partial charge is 0.463 e. The Kier molecular flexibility index (Phi) is 10.4. The zero-order valence-corrected chi connectivity index (χ0v) is 10.5. The van der Waals surface area contributed by atoms with Gasteiger partial charge in [0.15, 0.2) is 0 Å². The van der Waals surface area contributed by atoms with Crippen molar-refractivity contribution in [1.29, 1.82) is 0 Å². The molecule has 0 saturated carbocycles. The second-order valence-corrected chi connectivity index (χ2v) is 3.68. The number of nitrogens with one attached hydrogen (secondary N) is 1. The monoisotopic (exact) mass is 233 g/mol. The van der Waals surface area contributed by atoms with Crippen molar-refractivity contribution in [1.82, 2.24) is 5.32 Å². The number of carbonyl (C=O) groups excluding carboxylic acids is 1. The lowest BCUT2D eigenvalue weighted by Gasteiger charge is -2.08. The van der Waals surface area contributed by atoms with Gasteiger partial charge in [-0.25, -0.2) is 0 Å². The molecule has 5 nitrogen and oxygen atoms in total. The van der Waals surface area contributed by atoms with Crippen LogP contribution < -0.4 is 5.32 Å². The number of hydrogen-bond acceptors (Lipinski definition) is 5. The Hall–Kier alpha value is -0.650. The van der Waals surface area contributed by atoms with Crippen LogP contribution in [-0.2, 0) is 19.0 Å². The van der Waals surface area contributed by atoms with Crippen molar-refractivity contribution < 1.29 is 19.0 Å². The molecule has 5 heteroatoms. The molecule has 0 bridgehead atoms. The van der Waals surface area contributed by atoms with E-state index in [4.69, 9.17) is 14.2 Å². The molecule has 0 aliphatic heterocycles. The molecule has 0 atom stereocenters. The molecule has 0 fully saturated rings. The highest BCUT2D eigenvalue weighted by Gasteiger charge is 2.02. The molecule has 0 aliphatic rings. The Balaban J connectivity index is 3.17. The summed E-state index contributed by atoms with van der Waals surface area (Å²) >= 11 is 0. The van der Waals surface area contributed by atoms with E-state index in [1.165, 1.54) is 0 Å². The van der Waals surface area contributed by atoms with Gasteiger partial charge in [0.05, 0.1) is 26.2 Å². The molecular weight excluding hydrogens is 210 g/mol. The van der Waals surface area contributed by atoms with Crippen LogP contribution in [0.2, 0.25) is 0 Å². The Morgan fingerprint density at radius 2 is 1.88 bits per heavy atom. The van der Waals surface area contributed by atoms with Gasteiger partial charge in [-0.1, -0.05) is 13.8 Å². The van der Waals surface area contributed by atoms with Gasteiger partial charge in [-0.2, -0.15) is 0 Å². The van der Waals surface area contributed by atoms with Crippen LogP contribution in [0.5, 0.6) is 0 Å². The van der Waals surface area contributed by atoms with E-state index >= 15 is 0 Å². The fourth-order valence-corrected chi connectivity index (χ4v) is 0.994. The summed E-state index contributed by atoms with van der Waals surface area (Å²) in [4.78, 5) is 11.2. The van der Waals surface area contributed by atoms with Crippen LogP contribution in [-0.4, -0.2) is 52.1 Å². The van der Waals surface area contributed by atoms with Crippen LogP contribution in [0.3, 0.4) is 0 Å². The molecule has 0 heterocycles. The molecule has 0 amide bonds. The van der Waals surface area contributed by atoms with Crippen molar-refractivity contribution in [3.8, 4) is 0 Å². The minimum atomic E-state index is -0.191. The van der Waals surface area contributed by atoms with Crippen LogP contribution in [0.15, 0.2) is 0 Å². The summed E-state index contributed by atoms with van der Waals surface area (Å²) in [7, 11) is 1.62. The number of rotatable bonds is 10. The maximum absolute atomic E-state index is 11.2. The minimum Gasteiger partial charge on any atom is -0.463 e. The summed E-state index contributed by atoms with van der Waals surface area (Å²) in [5.74, 6) is -0.191. The first-order valence-electron chi connectivity index (χ1n) is 5.62. The van der Waals surface area contributed by atoms with E-state index in [9.17, 15) is 4.79 Å². The highest BCUT2D eigenvalue weighted by molar-refractivity contribution is 5.69. The smallest absolute Gasteiger partial charge is 0.307 e. The van der Waals surface area contributed by atoms with E-state index in [0.717, 1.165) is 0 Å². The number of methoxy groups -OCH3 is 1. The average molecular weight is 233 g/mol. The molecule has 1 N–H and O–H groups in total. The molecule has 0 saturated heterocycles. The third kappa shape index (κ3) is 11.4.